The topological polar surface area (TPSA) is 89.9 Å². The molecule has 8 heteroatoms. The lowest BCUT2D eigenvalue weighted by Crippen LogP contribution is -2.21. The maximum Gasteiger partial charge on any atom is 0.350 e. The van der Waals surface area contributed by atoms with Crippen LogP contribution in [0.5, 0.6) is 0 Å². The number of aryl methyl sites for hydroxylation is 1. The Bertz CT molecular complexity index is 801. The molecule has 0 radical (unpaired) electrons. The predicted octanol–water partition coefficient (Wildman–Crippen LogP) is 2.69. The summed E-state index contributed by atoms with van der Waals surface area (Å²) >= 11 is 1.06. The molecule has 1 aromatic carbocycles. The van der Waals surface area contributed by atoms with E-state index in [-0.39, 0.29) is 11.8 Å². The minimum Gasteiger partial charge on any atom is -0.465 e. The zero-order valence-electron chi connectivity index (χ0n) is 13.1. The molecule has 1 aromatic heterocycles. The fourth-order valence-electron chi connectivity index (χ4n) is 2.26. The monoisotopic (exact) mass is 345 g/mol. The maximum absolute atomic E-state index is 12.3. The van der Waals surface area contributed by atoms with E-state index in [0.29, 0.717) is 22.1 Å². The first-order valence-electron chi connectivity index (χ1n) is 7.23. The van der Waals surface area contributed by atoms with Gasteiger partial charge in [-0.2, -0.15) is 0 Å². The number of thiazole rings is 1. The summed E-state index contributed by atoms with van der Waals surface area (Å²) in [7, 11) is 1.30. The molecule has 7 nitrogen and oxygen atoms in total. The number of anilines is 1. The summed E-state index contributed by atoms with van der Waals surface area (Å²) in [6.07, 6.45) is 0.111. The van der Waals surface area contributed by atoms with Gasteiger partial charge < -0.3 is 9.57 Å². The lowest BCUT2D eigenvalue weighted by Gasteiger charge is -2.07. The highest BCUT2D eigenvalue weighted by Crippen LogP contribution is 2.28. The number of benzene rings is 1. The molecule has 1 aliphatic rings. The lowest BCUT2D eigenvalue weighted by molar-refractivity contribution is -0.110. The summed E-state index contributed by atoms with van der Waals surface area (Å²) in [5, 5.41) is 6.83. The van der Waals surface area contributed by atoms with Crippen molar-refractivity contribution in [2.75, 3.05) is 12.4 Å². The highest BCUT2D eigenvalue weighted by atomic mass is 32.1. The number of nitrogens with zero attached hydrogens (tertiary/aromatic N) is 2. The molecule has 124 valence electrons. The number of methoxy groups -OCH3 is 1. The van der Waals surface area contributed by atoms with Gasteiger partial charge in [-0.05, 0) is 12.5 Å². The molecule has 1 aliphatic heterocycles. The number of hydrogen-bond acceptors (Lipinski definition) is 7. The molecular formula is C16H15N3O4S. The third-order valence-electron chi connectivity index (χ3n) is 3.49. The van der Waals surface area contributed by atoms with E-state index >= 15 is 0 Å². The van der Waals surface area contributed by atoms with Gasteiger partial charge in [0.15, 0.2) is 11.2 Å². The number of oxime groups is 1. The van der Waals surface area contributed by atoms with E-state index in [1.165, 1.54) is 7.11 Å². The Labute approximate surface area is 142 Å². The molecule has 0 bridgehead atoms. The number of ether oxygens (including phenoxy) is 1. The van der Waals surface area contributed by atoms with Crippen molar-refractivity contribution in [3.63, 3.8) is 0 Å². The van der Waals surface area contributed by atoms with Crippen LogP contribution in [0.25, 0.3) is 0 Å². The third kappa shape index (κ3) is 3.28. The Balaban J connectivity index is 1.65. The van der Waals surface area contributed by atoms with Crippen LogP contribution in [-0.4, -0.2) is 29.7 Å². The lowest BCUT2D eigenvalue weighted by atomic mass is 10.0. The van der Waals surface area contributed by atoms with E-state index in [9.17, 15) is 9.59 Å². The van der Waals surface area contributed by atoms with Crippen LogP contribution >= 0.6 is 11.3 Å². The minimum atomic E-state index is -0.476. The number of amides is 1. The second-order valence-corrected chi connectivity index (χ2v) is 6.13. The molecule has 1 atom stereocenters. The highest BCUT2D eigenvalue weighted by molar-refractivity contribution is 7.17. The van der Waals surface area contributed by atoms with Gasteiger partial charge in [0.05, 0.1) is 12.8 Å². The predicted molar refractivity (Wildman–Crippen MR) is 89.1 cm³/mol. The van der Waals surface area contributed by atoms with Crippen molar-refractivity contribution in [1.82, 2.24) is 4.98 Å². The average Bonchev–Trinajstić information content (AvgIpc) is 3.22. The number of carbonyl (C=O) groups is 2. The fraction of sp³-hybridized carbons (Fsp3) is 0.250. The minimum absolute atomic E-state index is 0.268. The van der Waals surface area contributed by atoms with Gasteiger partial charge in [0, 0.05) is 6.42 Å². The molecule has 2 aromatic rings. The number of nitrogens with one attached hydrogen (secondary N) is 1. The molecule has 0 saturated carbocycles. The van der Waals surface area contributed by atoms with Gasteiger partial charge in [-0.3, -0.25) is 10.1 Å². The van der Waals surface area contributed by atoms with Crippen LogP contribution in [0, 0.1) is 6.92 Å². The summed E-state index contributed by atoms with van der Waals surface area (Å²) in [6, 6.07) is 9.57. The molecule has 24 heavy (non-hydrogen) atoms. The van der Waals surface area contributed by atoms with Crippen LogP contribution in [0.3, 0.4) is 0 Å². The molecular weight excluding hydrogens is 330 g/mol. The molecule has 0 spiro atoms. The molecule has 1 N–H and O–H groups in total. The van der Waals surface area contributed by atoms with Crippen molar-refractivity contribution in [3.8, 4) is 0 Å². The van der Waals surface area contributed by atoms with Gasteiger partial charge in [0.1, 0.15) is 10.6 Å². The average molecular weight is 345 g/mol. The molecule has 0 fully saturated rings. The first kappa shape index (κ1) is 16.1. The summed E-state index contributed by atoms with van der Waals surface area (Å²) in [5.41, 5.74) is 1.76. The van der Waals surface area contributed by atoms with E-state index in [1.807, 2.05) is 30.3 Å². The van der Waals surface area contributed by atoms with Gasteiger partial charge >= 0.3 is 5.97 Å². The normalized spacial score (nSPS) is 16.2. The number of carbonyl (C=O) groups excluding carboxylic acids is 2. The van der Waals surface area contributed by atoms with Gasteiger partial charge in [-0.15, -0.1) is 0 Å². The largest absolute Gasteiger partial charge is 0.465 e. The zero-order valence-corrected chi connectivity index (χ0v) is 13.9. The van der Waals surface area contributed by atoms with Crippen molar-refractivity contribution >= 4 is 34.1 Å². The number of esters is 1. The molecule has 1 amide bonds. The van der Waals surface area contributed by atoms with Gasteiger partial charge in [0.2, 0.25) is 0 Å². The van der Waals surface area contributed by atoms with Crippen molar-refractivity contribution < 1.29 is 19.2 Å². The number of aromatic nitrogens is 1. The fourth-order valence-corrected chi connectivity index (χ4v) is 3.14. The van der Waals surface area contributed by atoms with E-state index in [0.717, 1.165) is 16.9 Å². The highest BCUT2D eigenvalue weighted by Gasteiger charge is 2.28. The molecule has 2 heterocycles. The van der Waals surface area contributed by atoms with Crippen LogP contribution in [0.2, 0.25) is 0 Å². The molecule has 0 unspecified atom stereocenters. The third-order valence-corrected chi connectivity index (χ3v) is 4.54. The first-order valence-corrected chi connectivity index (χ1v) is 8.05. The van der Waals surface area contributed by atoms with E-state index < -0.39 is 11.9 Å². The van der Waals surface area contributed by atoms with Crippen LogP contribution in [0.4, 0.5) is 5.13 Å². The van der Waals surface area contributed by atoms with Crippen LogP contribution < -0.4 is 5.32 Å². The van der Waals surface area contributed by atoms with E-state index in [4.69, 9.17) is 4.84 Å². The number of rotatable bonds is 4. The first-order chi connectivity index (χ1) is 11.6. The van der Waals surface area contributed by atoms with Crippen molar-refractivity contribution in [3.05, 3.63) is 46.5 Å². The van der Waals surface area contributed by atoms with Gasteiger partial charge in [0.25, 0.3) is 5.91 Å². The van der Waals surface area contributed by atoms with Crippen molar-refractivity contribution in [1.29, 1.82) is 0 Å². The molecule has 0 saturated heterocycles. The quantitative estimate of drug-likeness (QED) is 0.861. The maximum atomic E-state index is 12.3. The summed E-state index contributed by atoms with van der Waals surface area (Å²) < 4.78 is 4.67. The van der Waals surface area contributed by atoms with Crippen molar-refractivity contribution in [2.45, 2.75) is 19.4 Å². The Hall–Kier alpha value is -2.74. The smallest absolute Gasteiger partial charge is 0.350 e. The summed E-state index contributed by atoms with van der Waals surface area (Å²) in [4.78, 5) is 33.7. The SMILES string of the molecule is COC(=O)c1sc(NC(=O)C2=NO[C@H](c3ccccc3)C2)nc1C. The summed E-state index contributed by atoms with van der Waals surface area (Å²) in [6.45, 7) is 1.68. The molecule has 3 rings (SSSR count). The zero-order chi connectivity index (χ0) is 17.1. The van der Waals surface area contributed by atoms with Gasteiger partial charge in [-0.25, -0.2) is 9.78 Å². The standard InChI is InChI=1S/C16H15N3O4S/c1-9-13(15(21)22-2)24-16(17-9)18-14(20)11-8-12(23-19-11)10-6-4-3-5-7-10/h3-7,12H,8H2,1-2H3,(H,17,18,20)/t12-/m0/s1. The Morgan fingerprint density at radius 3 is 2.79 bits per heavy atom. The summed E-state index contributed by atoms with van der Waals surface area (Å²) in [5.74, 6) is -0.866. The Morgan fingerprint density at radius 2 is 2.08 bits per heavy atom. The van der Waals surface area contributed by atoms with Crippen molar-refractivity contribution in [2.24, 2.45) is 5.16 Å². The number of hydrogen-bond donors (Lipinski definition) is 1. The van der Waals surface area contributed by atoms with Crippen LogP contribution in [0.1, 0.15) is 33.5 Å². The van der Waals surface area contributed by atoms with Crippen LogP contribution in [0.15, 0.2) is 35.5 Å². The second-order valence-electron chi connectivity index (χ2n) is 5.13. The second kappa shape index (κ2) is 6.79. The Kier molecular flexibility index (Phi) is 4.57. The van der Waals surface area contributed by atoms with Gasteiger partial charge in [-0.1, -0.05) is 46.8 Å². The molecule has 0 aliphatic carbocycles. The Morgan fingerprint density at radius 1 is 1.33 bits per heavy atom. The van der Waals surface area contributed by atoms with E-state index in [2.05, 4.69) is 20.2 Å². The van der Waals surface area contributed by atoms with E-state index in [1.54, 1.807) is 6.92 Å². The van der Waals surface area contributed by atoms with Crippen LogP contribution in [-0.2, 0) is 14.4 Å².